The number of carboxylic acids is 1. The first-order valence-electron chi connectivity index (χ1n) is 5.95. The SMILES string of the molecule is O=C(O)c1ccc(C(=O)NCCc2ccc(O)cc2)o1. The second-order valence-corrected chi connectivity index (χ2v) is 4.14. The summed E-state index contributed by atoms with van der Waals surface area (Å²) in [6.07, 6.45) is 0.596. The van der Waals surface area contributed by atoms with Gasteiger partial charge >= 0.3 is 5.97 Å². The molecule has 0 bridgehead atoms. The van der Waals surface area contributed by atoms with Crippen LogP contribution in [0.25, 0.3) is 0 Å². The van der Waals surface area contributed by atoms with Crippen molar-refractivity contribution in [2.75, 3.05) is 6.54 Å². The van der Waals surface area contributed by atoms with Gasteiger partial charge in [-0.05, 0) is 36.2 Å². The van der Waals surface area contributed by atoms with Crippen LogP contribution in [0, 0.1) is 0 Å². The maximum Gasteiger partial charge on any atom is 0.371 e. The number of amides is 1. The Labute approximate surface area is 114 Å². The molecule has 0 aliphatic carbocycles. The van der Waals surface area contributed by atoms with Crippen LogP contribution in [0.2, 0.25) is 0 Å². The van der Waals surface area contributed by atoms with E-state index in [1.807, 2.05) is 0 Å². The van der Waals surface area contributed by atoms with E-state index in [0.29, 0.717) is 13.0 Å². The van der Waals surface area contributed by atoms with E-state index < -0.39 is 11.9 Å². The van der Waals surface area contributed by atoms with E-state index in [0.717, 1.165) is 5.56 Å². The van der Waals surface area contributed by atoms with Gasteiger partial charge in [0.25, 0.3) is 5.91 Å². The average Bonchev–Trinajstić information content (AvgIpc) is 2.91. The topological polar surface area (TPSA) is 99.8 Å². The Morgan fingerprint density at radius 1 is 1.05 bits per heavy atom. The second-order valence-electron chi connectivity index (χ2n) is 4.14. The molecule has 0 saturated heterocycles. The number of hydrogen-bond donors (Lipinski definition) is 3. The largest absolute Gasteiger partial charge is 0.508 e. The molecule has 0 saturated carbocycles. The van der Waals surface area contributed by atoms with Crippen molar-refractivity contribution in [1.82, 2.24) is 5.32 Å². The van der Waals surface area contributed by atoms with E-state index in [1.54, 1.807) is 24.3 Å². The maximum atomic E-state index is 11.7. The molecular weight excluding hydrogens is 262 g/mol. The Balaban J connectivity index is 1.85. The molecule has 3 N–H and O–H groups in total. The molecule has 6 nitrogen and oxygen atoms in total. The van der Waals surface area contributed by atoms with Crippen LogP contribution >= 0.6 is 0 Å². The van der Waals surface area contributed by atoms with E-state index in [1.165, 1.54) is 12.1 Å². The number of aromatic carboxylic acids is 1. The lowest BCUT2D eigenvalue weighted by atomic mass is 10.1. The molecule has 0 radical (unpaired) electrons. The Kier molecular flexibility index (Phi) is 4.05. The lowest BCUT2D eigenvalue weighted by Crippen LogP contribution is -2.25. The fourth-order valence-corrected chi connectivity index (χ4v) is 1.64. The molecule has 0 spiro atoms. The molecule has 1 aromatic heterocycles. The Morgan fingerprint density at radius 2 is 1.70 bits per heavy atom. The quantitative estimate of drug-likeness (QED) is 0.770. The molecule has 0 atom stereocenters. The summed E-state index contributed by atoms with van der Waals surface area (Å²) in [6.45, 7) is 0.382. The molecule has 6 heteroatoms. The van der Waals surface area contributed by atoms with Crippen molar-refractivity contribution < 1.29 is 24.2 Å². The third kappa shape index (κ3) is 3.38. The number of nitrogens with one attached hydrogen (secondary N) is 1. The number of carboxylic acid groups (broad SMARTS) is 1. The summed E-state index contributed by atoms with van der Waals surface area (Å²) in [4.78, 5) is 22.3. The van der Waals surface area contributed by atoms with Crippen molar-refractivity contribution in [3.8, 4) is 5.75 Å². The van der Waals surface area contributed by atoms with Crippen LogP contribution in [0.3, 0.4) is 0 Å². The fraction of sp³-hybridized carbons (Fsp3) is 0.143. The average molecular weight is 275 g/mol. The van der Waals surface area contributed by atoms with E-state index in [4.69, 9.17) is 14.6 Å². The van der Waals surface area contributed by atoms with E-state index >= 15 is 0 Å². The number of phenols is 1. The zero-order valence-electron chi connectivity index (χ0n) is 10.5. The monoisotopic (exact) mass is 275 g/mol. The van der Waals surface area contributed by atoms with E-state index in [2.05, 4.69) is 5.32 Å². The molecule has 0 fully saturated rings. The predicted octanol–water partition coefficient (Wildman–Crippen LogP) is 1.66. The lowest BCUT2D eigenvalue weighted by molar-refractivity contribution is 0.0659. The van der Waals surface area contributed by atoms with Crippen LogP contribution in [0.1, 0.15) is 26.7 Å². The zero-order valence-corrected chi connectivity index (χ0v) is 10.5. The first-order valence-corrected chi connectivity index (χ1v) is 5.95. The van der Waals surface area contributed by atoms with Crippen molar-refractivity contribution in [3.63, 3.8) is 0 Å². The van der Waals surface area contributed by atoms with Gasteiger partial charge in [0.05, 0.1) is 0 Å². The van der Waals surface area contributed by atoms with Crippen LogP contribution in [0.5, 0.6) is 5.75 Å². The van der Waals surface area contributed by atoms with Crippen molar-refractivity contribution in [1.29, 1.82) is 0 Å². The van der Waals surface area contributed by atoms with Gasteiger partial charge in [0.15, 0.2) is 5.76 Å². The number of benzene rings is 1. The second kappa shape index (κ2) is 5.92. The van der Waals surface area contributed by atoms with Crippen LogP contribution in [0.4, 0.5) is 0 Å². The molecule has 104 valence electrons. The third-order valence-corrected chi connectivity index (χ3v) is 2.68. The van der Waals surface area contributed by atoms with Crippen molar-refractivity contribution in [3.05, 3.63) is 53.5 Å². The van der Waals surface area contributed by atoms with Gasteiger partial charge in [-0.25, -0.2) is 4.79 Å². The number of carbonyl (C=O) groups excluding carboxylic acids is 1. The minimum Gasteiger partial charge on any atom is -0.508 e. The van der Waals surface area contributed by atoms with Crippen molar-refractivity contribution in [2.45, 2.75) is 6.42 Å². The van der Waals surface area contributed by atoms with Gasteiger partial charge in [-0.1, -0.05) is 12.1 Å². The van der Waals surface area contributed by atoms with Gasteiger partial charge in [-0.2, -0.15) is 0 Å². The molecule has 1 aromatic carbocycles. The first-order chi connectivity index (χ1) is 9.56. The summed E-state index contributed by atoms with van der Waals surface area (Å²) in [7, 11) is 0. The Morgan fingerprint density at radius 3 is 2.30 bits per heavy atom. The van der Waals surface area contributed by atoms with Crippen molar-refractivity contribution >= 4 is 11.9 Å². The molecule has 20 heavy (non-hydrogen) atoms. The van der Waals surface area contributed by atoms with Gasteiger partial charge < -0.3 is 19.9 Å². The van der Waals surface area contributed by atoms with E-state index in [-0.39, 0.29) is 17.3 Å². The normalized spacial score (nSPS) is 10.2. The predicted molar refractivity (Wildman–Crippen MR) is 69.8 cm³/mol. The standard InChI is InChI=1S/C14H13NO5/c16-10-3-1-9(2-4-10)7-8-15-13(17)11-5-6-12(20-11)14(18)19/h1-6,16H,7-8H2,(H,15,17)(H,18,19). The first kappa shape index (κ1) is 13.7. The van der Waals surface area contributed by atoms with Gasteiger partial charge in [-0.3, -0.25) is 4.79 Å². The van der Waals surface area contributed by atoms with Gasteiger partial charge in [0, 0.05) is 6.54 Å². The molecule has 1 heterocycles. The number of phenolic OH excluding ortho intramolecular Hbond substituents is 1. The zero-order chi connectivity index (χ0) is 14.5. The summed E-state index contributed by atoms with van der Waals surface area (Å²) >= 11 is 0. The minimum absolute atomic E-state index is 0.0342. The van der Waals surface area contributed by atoms with Gasteiger partial charge in [0.1, 0.15) is 5.75 Å². The summed E-state index contributed by atoms with van der Waals surface area (Å²) in [5.74, 6) is -1.79. The van der Waals surface area contributed by atoms with E-state index in [9.17, 15) is 9.59 Å². The molecule has 1 amide bonds. The molecule has 0 aliphatic heterocycles. The number of aromatic hydroxyl groups is 1. The number of carbonyl (C=O) groups is 2. The molecule has 2 rings (SSSR count). The van der Waals surface area contributed by atoms with Crippen LogP contribution < -0.4 is 5.32 Å². The summed E-state index contributed by atoms with van der Waals surface area (Å²) in [5, 5.41) is 20.4. The Hall–Kier alpha value is -2.76. The fourth-order valence-electron chi connectivity index (χ4n) is 1.64. The minimum atomic E-state index is -1.21. The van der Waals surface area contributed by atoms with Gasteiger partial charge in [0.2, 0.25) is 5.76 Å². The van der Waals surface area contributed by atoms with Crippen LogP contribution in [-0.4, -0.2) is 28.6 Å². The Bertz CT molecular complexity index is 615. The summed E-state index contributed by atoms with van der Waals surface area (Å²) in [6, 6.07) is 9.22. The number of furan rings is 1. The highest BCUT2D eigenvalue weighted by Gasteiger charge is 2.14. The molecule has 0 aliphatic rings. The number of hydrogen-bond acceptors (Lipinski definition) is 4. The highest BCUT2D eigenvalue weighted by Crippen LogP contribution is 2.10. The van der Waals surface area contributed by atoms with Crippen LogP contribution in [-0.2, 0) is 6.42 Å². The van der Waals surface area contributed by atoms with Gasteiger partial charge in [-0.15, -0.1) is 0 Å². The van der Waals surface area contributed by atoms with Crippen molar-refractivity contribution in [2.24, 2.45) is 0 Å². The highest BCUT2D eigenvalue weighted by molar-refractivity contribution is 5.93. The summed E-state index contributed by atoms with van der Waals surface area (Å²) in [5.41, 5.74) is 0.966. The molecule has 0 unspecified atom stereocenters. The smallest absolute Gasteiger partial charge is 0.371 e. The highest BCUT2D eigenvalue weighted by atomic mass is 16.4. The maximum absolute atomic E-state index is 11.7. The summed E-state index contributed by atoms with van der Waals surface area (Å²) < 4.78 is 4.88. The molecule has 2 aromatic rings. The van der Waals surface area contributed by atoms with Crippen LogP contribution in [0.15, 0.2) is 40.8 Å². The number of rotatable bonds is 5. The molecular formula is C14H13NO5. The lowest BCUT2D eigenvalue weighted by Gasteiger charge is -2.03. The third-order valence-electron chi connectivity index (χ3n) is 2.68.